The molecule has 0 spiro atoms. The van der Waals surface area contributed by atoms with Gasteiger partial charge in [-0.15, -0.1) is 11.3 Å². The van der Waals surface area contributed by atoms with Crippen molar-refractivity contribution in [2.45, 2.75) is 10.3 Å². The number of sulfone groups is 1. The fourth-order valence-corrected chi connectivity index (χ4v) is 7.02. The molecule has 37 heavy (non-hydrogen) atoms. The van der Waals surface area contributed by atoms with E-state index in [-0.39, 0.29) is 11.4 Å². The average molecular weight is 539 g/mol. The highest BCUT2D eigenvalue weighted by atomic mass is 32.2. The molecule has 2 saturated heterocycles. The third-order valence-corrected chi connectivity index (χ3v) is 9.47. The molecule has 1 unspecified atom stereocenters. The smallest absolute Gasteiger partial charge is 0.206 e. The van der Waals surface area contributed by atoms with Gasteiger partial charge in [0, 0.05) is 42.8 Å². The Balaban J connectivity index is 1.43. The first-order chi connectivity index (χ1) is 18.0. The zero-order chi connectivity index (χ0) is 25.4. The van der Waals surface area contributed by atoms with Crippen LogP contribution >= 0.6 is 11.3 Å². The lowest BCUT2D eigenvalue weighted by Gasteiger charge is -2.28. The fraction of sp³-hybridized carbons (Fsp3) is 0.320. The molecule has 0 aliphatic carbocycles. The lowest BCUT2D eigenvalue weighted by Crippen LogP contribution is -2.43. The number of thiophene rings is 1. The standard InChI is InChI=1S/C25H26N6O4S2/c26-21-5-4-17(14-28-21)24-29-19-13-20(36-23(19)25(30-24)31-7-10-34-11-8-31)16-2-1-3-18(12-16)37(32,33)22-15-27-6-9-35-22/h1-5,12-14,22,27H,6-11,15H2,(H2,26,28). The van der Waals surface area contributed by atoms with Gasteiger partial charge < -0.3 is 25.4 Å². The minimum Gasteiger partial charge on any atom is -0.384 e. The summed E-state index contributed by atoms with van der Waals surface area (Å²) in [5.74, 6) is 1.83. The Morgan fingerprint density at radius 1 is 1.05 bits per heavy atom. The molecule has 2 aliphatic rings. The Labute approximate surface area is 218 Å². The summed E-state index contributed by atoms with van der Waals surface area (Å²) in [5, 5.41) is 3.09. The monoisotopic (exact) mass is 538 g/mol. The van der Waals surface area contributed by atoms with E-state index in [0.29, 0.717) is 38.0 Å². The molecule has 3 aromatic heterocycles. The maximum absolute atomic E-state index is 13.2. The Morgan fingerprint density at radius 2 is 1.92 bits per heavy atom. The summed E-state index contributed by atoms with van der Waals surface area (Å²) in [6.45, 7) is 3.99. The third-order valence-electron chi connectivity index (χ3n) is 6.40. The van der Waals surface area contributed by atoms with Crippen LogP contribution in [0.15, 0.2) is 53.6 Å². The second-order valence-electron chi connectivity index (χ2n) is 8.84. The minimum absolute atomic E-state index is 0.240. The van der Waals surface area contributed by atoms with Crippen molar-refractivity contribution < 1.29 is 17.9 Å². The third kappa shape index (κ3) is 4.78. The van der Waals surface area contributed by atoms with E-state index in [1.807, 2.05) is 18.2 Å². The number of pyridine rings is 1. The molecule has 5 heterocycles. The molecule has 0 radical (unpaired) electrons. The number of rotatable bonds is 5. The van der Waals surface area contributed by atoms with Crippen molar-refractivity contribution in [3.8, 4) is 21.8 Å². The van der Waals surface area contributed by atoms with Gasteiger partial charge in [-0.05, 0) is 35.9 Å². The molecule has 3 N–H and O–H groups in total. The number of nitrogens with one attached hydrogen (secondary N) is 1. The lowest BCUT2D eigenvalue weighted by molar-refractivity contribution is 0.0785. The molecule has 12 heteroatoms. The van der Waals surface area contributed by atoms with Crippen LogP contribution in [0.5, 0.6) is 0 Å². The van der Waals surface area contributed by atoms with Crippen molar-refractivity contribution in [1.82, 2.24) is 20.3 Å². The maximum atomic E-state index is 13.2. The summed E-state index contributed by atoms with van der Waals surface area (Å²) in [7, 11) is -3.64. The molecule has 192 valence electrons. The largest absolute Gasteiger partial charge is 0.384 e. The number of morpholine rings is 2. The predicted octanol–water partition coefficient (Wildman–Crippen LogP) is 2.56. The molecule has 0 bridgehead atoms. The molecule has 10 nitrogen and oxygen atoms in total. The van der Waals surface area contributed by atoms with E-state index in [1.165, 1.54) is 0 Å². The van der Waals surface area contributed by atoms with Crippen LogP contribution in [0.3, 0.4) is 0 Å². The summed E-state index contributed by atoms with van der Waals surface area (Å²) in [6.07, 6.45) is 1.67. The molecular formula is C25H26N6O4S2. The molecule has 2 fully saturated rings. The van der Waals surface area contributed by atoms with Crippen molar-refractivity contribution in [1.29, 1.82) is 0 Å². The molecule has 0 amide bonds. The highest BCUT2D eigenvalue weighted by Crippen LogP contribution is 2.39. The topological polar surface area (TPSA) is 133 Å². The van der Waals surface area contributed by atoms with E-state index in [9.17, 15) is 8.42 Å². The second-order valence-corrected chi connectivity index (χ2v) is 12.0. The van der Waals surface area contributed by atoms with Gasteiger partial charge in [-0.25, -0.2) is 23.4 Å². The maximum Gasteiger partial charge on any atom is 0.206 e. The first-order valence-corrected chi connectivity index (χ1v) is 14.4. The molecular weight excluding hydrogens is 512 g/mol. The number of ether oxygens (including phenoxy) is 2. The van der Waals surface area contributed by atoms with E-state index >= 15 is 0 Å². The molecule has 6 rings (SSSR count). The lowest BCUT2D eigenvalue weighted by atomic mass is 10.2. The van der Waals surface area contributed by atoms with Crippen LogP contribution < -0.4 is 16.0 Å². The van der Waals surface area contributed by atoms with Crippen LogP contribution in [-0.2, 0) is 19.3 Å². The fourth-order valence-electron chi connectivity index (χ4n) is 4.43. The molecule has 1 aromatic carbocycles. The zero-order valence-corrected chi connectivity index (χ0v) is 21.6. The highest BCUT2D eigenvalue weighted by molar-refractivity contribution is 7.92. The van der Waals surface area contributed by atoms with Gasteiger partial charge >= 0.3 is 0 Å². The molecule has 1 atom stereocenters. The summed E-state index contributed by atoms with van der Waals surface area (Å²) in [6, 6.07) is 12.6. The van der Waals surface area contributed by atoms with E-state index in [1.54, 1.807) is 41.8 Å². The Morgan fingerprint density at radius 3 is 2.68 bits per heavy atom. The van der Waals surface area contributed by atoms with Gasteiger partial charge in [0.1, 0.15) is 5.82 Å². The van der Waals surface area contributed by atoms with Gasteiger partial charge in [-0.3, -0.25) is 0 Å². The summed E-state index contributed by atoms with van der Waals surface area (Å²) in [5.41, 5.74) is 7.24. The number of anilines is 2. The summed E-state index contributed by atoms with van der Waals surface area (Å²) < 4.78 is 38.5. The first-order valence-electron chi connectivity index (χ1n) is 12.0. The van der Waals surface area contributed by atoms with Crippen molar-refractivity contribution in [3.05, 3.63) is 48.7 Å². The van der Waals surface area contributed by atoms with Gasteiger partial charge in [0.2, 0.25) is 9.84 Å². The summed E-state index contributed by atoms with van der Waals surface area (Å²) in [4.78, 5) is 17.3. The normalized spacial score (nSPS) is 18.8. The van der Waals surface area contributed by atoms with Crippen molar-refractivity contribution in [3.63, 3.8) is 0 Å². The van der Waals surface area contributed by atoms with Gasteiger partial charge in [-0.1, -0.05) is 12.1 Å². The van der Waals surface area contributed by atoms with Crippen LogP contribution in [0.4, 0.5) is 11.6 Å². The Bertz CT molecular complexity index is 1530. The van der Waals surface area contributed by atoms with Crippen LogP contribution in [0.2, 0.25) is 0 Å². The molecule has 0 saturated carbocycles. The first kappa shape index (κ1) is 24.2. The summed E-state index contributed by atoms with van der Waals surface area (Å²) >= 11 is 1.55. The number of hydrogen-bond acceptors (Lipinski definition) is 11. The van der Waals surface area contributed by atoms with Crippen LogP contribution in [0, 0.1) is 0 Å². The predicted molar refractivity (Wildman–Crippen MR) is 143 cm³/mol. The van der Waals surface area contributed by atoms with Gasteiger partial charge in [0.05, 0.1) is 34.9 Å². The van der Waals surface area contributed by atoms with Gasteiger partial charge in [0.15, 0.2) is 17.1 Å². The van der Waals surface area contributed by atoms with Crippen molar-refractivity contribution >= 4 is 43.0 Å². The molecule has 4 aromatic rings. The number of nitrogen functional groups attached to an aromatic ring is 1. The van der Waals surface area contributed by atoms with E-state index in [0.717, 1.165) is 45.1 Å². The Kier molecular flexibility index (Phi) is 6.51. The van der Waals surface area contributed by atoms with E-state index < -0.39 is 15.3 Å². The SMILES string of the molecule is Nc1ccc(-c2nc(N3CCOCC3)c3sc(-c4cccc(S(=O)(=O)C5CNCCO5)c4)cc3n2)cn1. The number of fused-ring (bicyclic) bond motifs is 1. The number of benzene rings is 1. The average Bonchev–Trinajstić information content (AvgIpc) is 3.38. The van der Waals surface area contributed by atoms with Gasteiger partial charge in [-0.2, -0.15) is 0 Å². The van der Waals surface area contributed by atoms with E-state index in [4.69, 9.17) is 25.2 Å². The Hall–Kier alpha value is -3.16. The van der Waals surface area contributed by atoms with Crippen molar-refractivity contribution in [2.75, 3.05) is 56.6 Å². The zero-order valence-electron chi connectivity index (χ0n) is 20.0. The minimum atomic E-state index is -3.64. The number of nitrogens with zero attached hydrogens (tertiary/aromatic N) is 4. The molecule has 2 aliphatic heterocycles. The second kappa shape index (κ2) is 9.95. The van der Waals surface area contributed by atoms with Crippen LogP contribution in [0.25, 0.3) is 32.0 Å². The van der Waals surface area contributed by atoms with Crippen LogP contribution in [0.1, 0.15) is 0 Å². The van der Waals surface area contributed by atoms with Crippen molar-refractivity contribution in [2.24, 2.45) is 0 Å². The number of nitrogens with two attached hydrogens (primary N) is 1. The van der Waals surface area contributed by atoms with E-state index in [2.05, 4.69) is 15.2 Å². The van der Waals surface area contributed by atoms with Gasteiger partial charge in [0.25, 0.3) is 0 Å². The quantitative estimate of drug-likeness (QED) is 0.391. The number of aromatic nitrogens is 3. The highest BCUT2D eigenvalue weighted by Gasteiger charge is 2.30. The van der Waals surface area contributed by atoms with Crippen LogP contribution in [-0.4, -0.2) is 74.8 Å². The number of hydrogen-bond donors (Lipinski definition) is 2.